The Kier molecular flexibility index (Phi) is 15.7. The fourth-order valence-electron chi connectivity index (χ4n) is 7.69. The molecule has 5 aromatic carbocycles. The van der Waals surface area contributed by atoms with E-state index in [1.807, 2.05) is 13.0 Å². The molecule has 3 aromatic heterocycles. The summed E-state index contributed by atoms with van der Waals surface area (Å²) in [6.45, 7) is 4.14. The minimum absolute atomic E-state index is 0.00175. The average Bonchev–Trinajstić information content (AvgIpc) is 4.00. The lowest BCUT2D eigenvalue weighted by atomic mass is 10.1. The molecule has 0 aliphatic carbocycles. The molecule has 8 rings (SSSR count). The molecule has 0 unspecified atom stereocenters. The predicted molar refractivity (Wildman–Crippen MR) is 280 cm³/mol. The Hall–Kier alpha value is -6.96. The Bertz CT molecular complexity index is 4310. The van der Waals surface area contributed by atoms with Crippen molar-refractivity contribution >= 4 is 135 Å². The normalized spacial score (nSPS) is 12.9. The monoisotopic (exact) mass is 1150 g/mol. The Balaban J connectivity index is 1.18. The van der Waals surface area contributed by atoms with Gasteiger partial charge in [0.25, 0.3) is 40.5 Å². The molecule has 8 aromatic rings. The number of ether oxygens (including phenoxy) is 1. The molecular weight excluding hydrogens is 1110 g/mol. The number of azo groups is 3. The van der Waals surface area contributed by atoms with Gasteiger partial charge in [-0.25, -0.2) is 9.97 Å². The van der Waals surface area contributed by atoms with Crippen LogP contribution >= 0.6 is 23.1 Å². The number of thioether (sulfide) groups is 1. The van der Waals surface area contributed by atoms with Crippen LogP contribution in [0.2, 0.25) is 0 Å². The summed E-state index contributed by atoms with van der Waals surface area (Å²) in [6.07, 6.45) is -0.177. The van der Waals surface area contributed by atoms with Gasteiger partial charge in [-0.2, -0.15) is 44.0 Å². The molecular formula is C45H40N10O15S6. The Morgan fingerprint density at radius 1 is 0.737 bits per heavy atom. The highest BCUT2D eigenvalue weighted by Crippen LogP contribution is 2.44. The van der Waals surface area contributed by atoms with Gasteiger partial charge >= 0.3 is 0 Å². The lowest BCUT2D eigenvalue weighted by molar-refractivity contribution is 0.282. The van der Waals surface area contributed by atoms with E-state index < -0.39 is 68.4 Å². The van der Waals surface area contributed by atoms with Crippen molar-refractivity contribution in [1.29, 1.82) is 5.26 Å². The highest BCUT2D eigenvalue weighted by atomic mass is 32.2. The topological polar surface area (TPSA) is 395 Å². The Labute approximate surface area is 440 Å². The van der Waals surface area contributed by atoms with Gasteiger partial charge in [-0.15, -0.1) is 37.3 Å². The number of thiazole rings is 1. The molecule has 0 aliphatic heterocycles. The van der Waals surface area contributed by atoms with E-state index in [4.69, 9.17) is 4.74 Å². The molecule has 0 aliphatic rings. The maximum atomic E-state index is 12.5. The van der Waals surface area contributed by atoms with Gasteiger partial charge in [0.1, 0.15) is 33.5 Å². The third kappa shape index (κ3) is 12.2. The molecule has 0 spiro atoms. The van der Waals surface area contributed by atoms with Crippen LogP contribution < -0.4 is 4.74 Å². The summed E-state index contributed by atoms with van der Waals surface area (Å²) in [4.78, 5) is 8.03. The van der Waals surface area contributed by atoms with Crippen LogP contribution in [0.4, 0.5) is 33.6 Å². The predicted octanol–water partition coefficient (Wildman–Crippen LogP) is 10.0. The third-order valence-electron chi connectivity index (χ3n) is 11.3. The zero-order chi connectivity index (χ0) is 55.1. The highest BCUT2D eigenvalue weighted by molar-refractivity contribution is 7.99. The van der Waals surface area contributed by atoms with Crippen molar-refractivity contribution in [2.24, 2.45) is 30.7 Å². The van der Waals surface area contributed by atoms with Gasteiger partial charge in [0, 0.05) is 27.5 Å². The zero-order valence-corrected chi connectivity index (χ0v) is 44.5. The van der Waals surface area contributed by atoms with Gasteiger partial charge in [0.15, 0.2) is 11.3 Å². The van der Waals surface area contributed by atoms with Gasteiger partial charge in [0.05, 0.1) is 62.4 Å². The number of nitriles is 1. The van der Waals surface area contributed by atoms with Gasteiger partial charge < -0.3 is 14.9 Å². The van der Waals surface area contributed by atoms with Crippen molar-refractivity contribution in [3.63, 3.8) is 0 Å². The molecule has 0 atom stereocenters. The molecule has 0 saturated carbocycles. The van der Waals surface area contributed by atoms with Crippen LogP contribution in [-0.4, -0.2) is 100 Å². The molecule has 6 N–H and O–H groups in total. The summed E-state index contributed by atoms with van der Waals surface area (Å²) >= 11 is 1.84. The molecule has 0 radical (unpaired) electrons. The molecule has 31 heteroatoms. The zero-order valence-electron chi connectivity index (χ0n) is 39.6. The minimum Gasteiger partial charge on any atom is -0.493 e. The average molecular weight is 1150 g/mol. The van der Waals surface area contributed by atoms with E-state index in [0.717, 1.165) is 46.9 Å². The van der Waals surface area contributed by atoms with Crippen LogP contribution in [0, 0.1) is 32.1 Å². The first-order valence-electron chi connectivity index (χ1n) is 21.9. The van der Waals surface area contributed by atoms with E-state index in [9.17, 15) is 67.4 Å². The van der Waals surface area contributed by atoms with E-state index in [2.05, 4.69) is 46.7 Å². The Morgan fingerprint density at radius 3 is 2.12 bits per heavy atom. The number of aliphatic hydroxyl groups excluding tert-OH is 1. The standard InChI is InChI=1S/C45H40N10O15S6/c1-23-7-4-8-35-39(23)47-43-30(21-46)25(3)40(44(57)55(35)43)53-51-33-15-24(2)31(19-36(33)70-11-5-13-73(58,59)60)49-52-34-16-27(22-56)32(20-37(34)71-12-6-14-74(61,62)63)50-54-45-48-41-38(76(67,68)69)17-26-9-10-28(75(64,65)66)18-29(26)42(41)72-45/h4,7-10,15-20,56-57H,5-6,11-14,22H2,1-3H3,(H,58,59,60)(H,61,62,63)(H,64,65,66)(H,67,68,69). The first kappa shape index (κ1) is 55.3. The second-order valence-corrected chi connectivity index (χ2v) is 24.7. The number of fused-ring (bicyclic) bond motifs is 6. The number of aromatic hydroxyl groups is 1. The molecule has 0 saturated heterocycles. The number of aryl methyl sites for hydroxylation is 2. The number of rotatable bonds is 19. The molecule has 0 fully saturated rings. The van der Waals surface area contributed by atoms with Crippen LogP contribution in [0.25, 0.3) is 37.7 Å². The van der Waals surface area contributed by atoms with Crippen molar-refractivity contribution < 1.29 is 66.8 Å². The number of aromatic nitrogens is 3. The van der Waals surface area contributed by atoms with Crippen LogP contribution in [0.5, 0.6) is 11.6 Å². The summed E-state index contributed by atoms with van der Waals surface area (Å²) in [6, 6.07) is 17.7. The maximum absolute atomic E-state index is 12.5. The molecule has 76 heavy (non-hydrogen) atoms. The fraction of sp³-hybridized carbons (Fsp3) is 0.222. The van der Waals surface area contributed by atoms with E-state index >= 15 is 0 Å². The van der Waals surface area contributed by atoms with Crippen molar-refractivity contribution in [1.82, 2.24) is 14.4 Å². The third-order valence-corrected chi connectivity index (χ3v) is 16.8. The molecule has 0 bridgehead atoms. The lowest BCUT2D eigenvalue weighted by Crippen LogP contribution is -2.08. The number of para-hydroxylation sites is 1. The fourth-order valence-corrected chi connectivity index (χ4v) is 12.0. The summed E-state index contributed by atoms with van der Waals surface area (Å²) in [5.41, 5.74) is 3.06. The van der Waals surface area contributed by atoms with Crippen molar-refractivity contribution in [2.75, 3.05) is 23.9 Å². The summed E-state index contributed by atoms with van der Waals surface area (Å²) < 4.78 is 141. The first-order chi connectivity index (χ1) is 35.7. The van der Waals surface area contributed by atoms with Crippen LogP contribution in [-0.2, 0) is 47.1 Å². The summed E-state index contributed by atoms with van der Waals surface area (Å²) in [5, 5.41) is 58.5. The van der Waals surface area contributed by atoms with Gasteiger partial charge in [-0.1, -0.05) is 29.5 Å². The van der Waals surface area contributed by atoms with E-state index in [0.29, 0.717) is 21.5 Å². The number of pyridine rings is 1. The van der Waals surface area contributed by atoms with Crippen molar-refractivity contribution in [2.45, 2.75) is 54.9 Å². The van der Waals surface area contributed by atoms with Crippen LogP contribution in [0.1, 0.15) is 40.7 Å². The molecule has 3 heterocycles. The summed E-state index contributed by atoms with van der Waals surface area (Å²) in [5.74, 6) is -1.48. The Morgan fingerprint density at radius 2 is 1.43 bits per heavy atom. The first-order valence-corrected chi connectivity index (χ1v) is 29.8. The maximum Gasteiger partial charge on any atom is 0.296 e. The second kappa shape index (κ2) is 21.6. The van der Waals surface area contributed by atoms with E-state index in [1.54, 1.807) is 26.0 Å². The summed E-state index contributed by atoms with van der Waals surface area (Å²) in [7, 11) is -18.3. The van der Waals surface area contributed by atoms with Gasteiger partial charge in [-0.05, 0) is 98.3 Å². The molecule has 396 valence electrons. The number of nitrogens with zero attached hydrogens (tertiary/aromatic N) is 10. The largest absolute Gasteiger partial charge is 0.493 e. The number of benzene rings is 5. The van der Waals surface area contributed by atoms with E-state index in [1.165, 1.54) is 34.7 Å². The molecule has 0 amide bonds. The number of imidazole rings is 1. The minimum atomic E-state index is -4.90. The van der Waals surface area contributed by atoms with Gasteiger partial charge in [-0.3, -0.25) is 22.6 Å². The van der Waals surface area contributed by atoms with E-state index in [-0.39, 0.29) is 114 Å². The second-order valence-electron chi connectivity index (χ2n) is 16.7. The highest BCUT2D eigenvalue weighted by Gasteiger charge is 2.24. The SMILES string of the molecule is Cc1cc(N=Nc2c(C)c(C#N)c3nc4c(C)cccc4n3c2O)c(OCCCS(=O)(=O)O)cc1N=Nc1cc(CO)c(N=Nc2nc3c(S(=O)(=O)O)cc4ccc(S(=O)(=O)O)cc4c3s2)cc1SCCCS(=O)(=O)O. The molecule has 25 nitrogen and oxygen atoms in total. The number of aliphatic hydroxyl groups is 1. The van der Waals surface area contributed by atoms with Crippen molar-refractivity contribution in [3.8, 4) is 17.7 Å². The van der Waals surface area contributed by atoms with Crippen LogP contribution in [0.15, 0.2) is 112 Å². The van der Waals surface area contributed by atoms with Gasteiger partial charge in [0.2, 0.25) is 11.0 Å². The smallest absolute Gasteiger partial charge is 0.296 e. The lowest BCUT2D eigenvalue weighted by Gasteiger charge is -2.12. The van der Waals surface area contributed by atoms with Crippen molar-refractivity contribution in [3.05, 3.63) is 94.5 Å². The number of hydrogen-bond acceptors (Lipinski definition) is 22. The van der Waals surface area contributed by atoms with Crippen LogP contribution in [0.3, 0.4) is 0 Å². The quantitative estimate of drug-likeness (QED) is 0.0190. The number of hydrogen-bond donors (Lipinski definition) is 6.